The number of nitrogens with zero attached hydrogens (tertiary/aromatic N) is 1. The van der Waals surface area contributed by atoms with E-state index < -0.39 is 0 Å². The monoisotopic (exact) mass is 185 g/mol. The minimum atomic E-state index is -0.137. The highest BCUT2D eigenvalue weighted by atomic mass is 16.1. The number of nitrogens with two attached hydrogens (primary N) is 2. The first-order valence-corrected chi connectivity index (χ1v) is 4.24. The van der Waals surface area contributed by atoms with Crippen LogP contribution in [0.3, 0.4) is 0 Å². The quantitative estimate of drug-likeness (QED) is 0.294. The van der Waals surface area contributed by atoms with Crippen molar-refractivity contribution >= 4 is 11.9 Å². The van der Waals surface area contributed by atoms with Gasteiger partial charge in [0.05, 0.1) is 0 Å². The number of hydrogen-bond donors (Lipinski definition) is 4. The molecule has 1 aliphatic rings. The van der Waals surface area contributed by atoms with Gasteiger partial charge < -0.3 is 22.1 Å². The fraction of sp³-hybridized carbons (Fsp3) is 0.714. The maximum atomic E-state index is 11.1. The summed E-state index contributed by atoms with van der Waals surface area (Å²) in [5.74, 6) is -0.193. The molecule has 0 saturated carbocycles. The molecule has 1 amide bonds. The van der Waals surface area contributed by atoms with E-state index in [1.54, 1.807) is 0 Å². The lowest BCUT2D eigenvalue weighted by molar-refractivity contribution is -0.120. The Morgan fingerprint density at radius 1 is 1.62 bits per heavy atom. The van der Waals surface area contributed by atoms with Crippen LogP contribution in [0.25, 0.3) is 0 Å². The van der Waals surface area contributed by atoms with E-state index in [0.29, 0.717) is 0 Å². The Morgan fingerprint density at radius 3 is 2.92 bits per heavy atom. The molecule has 13 heavy (non-hydrogen) atoms. The van der Waals surface area contributed by atoms with Gasteiger partial charge in [0.2, 0.25) is 5.91 Å². The van der Waals surface area contributed by atoms with Crippen LogP contribution in [0.5, 0.6) is 0 Å². The second-order valence-electron chi connectivity index (χ2n) is 3.00. The SMILES string of the molecule is NC(N)=NCC(=O)NC1CCNC1. The molecule has 6 N–H and O–H groups in total. The van der Waals surface area contributed by atoms with E-state index in [1.165, 1.54) is 0 Å². The molecule has 74 valence electrons. The van der Waals surface area contributed by atoms with Crippen LogP contribution in [0.2, 0.25) is 0 Å². The zero-order valence-electron chi connectivity index (χ0n) is 7.42. The summed E-state index contributed by atoms with van der Waals surface area (Å²) in [6, 6.07) is 0.224. The molecular formula is C7H15N5O. The number of carbonyl (C=O) groups is 1. The smallest absolute Gasteiger partial charge is 0.242 e. The number of amides is 1. The number of carbonyl (C=O) groups excluding carboxylic acids is 1. The first kappa shape index (κ1) is 9.79. The van der Waals surface area contributed by atoms with Gasteiger partial charge in [0.25, 0.3) is 0 Å². The van der Waals surface area contributed by atoms with Gasteiger partial charge in [-0.05, 0) is 13.0 Å². The van der Waals surface area contributed by atoms with E-state index >= 15 is 0 Å². The highest BCUT2D eigenvalue weighted by Gasteiger charge is 2.15. The van der Waals surface area contributed by atoms with Crippen LogP contribution in [0.4, 0.5) is 0 Å². The molecule has 1 heterocycles. The second kappa shape index (κ2) is 4.66. The van der Waals surface area contributed by atoms with Crippen molar-refractivity contribution in [3.05, 3.63) is 0 Å². The predicted molar refractivity (Wildman–Crippen MR) is 50.1 cm³/mol. The van der Waals surface area contributed by atoms with Crippen molar-refractivity contribution < 1.29 is 4.79 Å². The van der Waals surface area contributed by atoms with E-state index in [2.05, 4.69) is 15.6 Å². The Morgan fingerprint density at radius 2 is 2.38 bits per heavy atom. The maximum absolute atomic E-state index is 11.1. The molecule has 1 aliphatic heterocycles. The molecule has 1 fully saturated rings. The van der Waals surface area contributed by atoms with Crippen molar-refractivity contribution in [2.24, 2.45) is 16.5 Å². The summed E-state index contributed by atoms with van der Waals surface area (Å²) in [4.78, 5) is 14.8. The average molecular weight is 185 g/mol. The molecule has 0 aromatic rings. The first-order valence-electron chi connectivity index (χ1n) is 4.24. The summed E-state index contributed by atoms with van der Waals surface area (Å²) in [7, 11) is 0. The normalized spacial score (nSPS) is 21.1. The van der Waals surface area contributed by atoms with Crippen molar-refractivity contribution in [2.45, 2.75) is 12.5 Å². The Labute approximate surface area is 76.8 Å². The minimum Gasteiger partial charge on any atom is -0.370 e. The van der Waals surface area contributed by atoms with Gasteiger partial charge in [0.15, 0.2) is 5.96 Å². The summed E-state index contributed by atoms with van der Waals surface area (Å²) in [5, 5.41) is 5.96. The van der Waals surface area contributed by atoms with Gasteiger partial charge in [-0.15, -0.1) is 0 Å². The average Bonchev–Trinajstić information content (AvgIpc) is 2.53. The van der Waals surface area contributed by atoms with Gasteiger partial charge in [-0.2, -0.15) is 0 Å². The number of aliphatic imine (C=N–C) groups is 1. The summed E-state index contributed by atoms with van der Waals surface area (Å²) < 4.78 is 0. The van der Waals surface area contributed by atoms with Gasteiger partial charge in [-0.25, -0.2) is 4.99 Å². The summed E-state index contributed by atoms with van der Waals surface area (Å²) >= 11 is 0. The van der Waals surface area contributed by atoms with Gasteiger partial charge in [0, 0.05) is 12.6 Å². The molecule has 1 rings (SSSR count). The lowest BCUT2D eigenvalue weighted by atomic mass is 10.2. The number of hydrogen-bond acceptors (Lipinski definition) is 3. The van der Waals surface area contributed by atoms with Crippen molar-refractivity contribution in [3.8, 4) is 0 Å². The van der Waals surface area contributed by atoms with Crippen LogP contribution in [0.1, 0.15) is 6.42 Å². The topological polar surface area (TPSA) is 106 Å². The summed E-state index contributed by atoms with van der Waals surface area (Å²) in [6.07, 6.45) is 0.966. The third-order valence-electron chi connectivity index (χ3n) is 1.83. The molecule has 6 nitrogen and oxygen atoms in total. The third-order valence-corrected chi connectivity index (χ3v) is 1.83. The minimum absolute atomic E-state index is 0.0127. The fourth-order valence-corrected chi connectivity index (χ4v) is 1.21. The van der Waals surface area contributed by atoms with Crippen LogP contribution in [0.15, 0.2) is 4.99 Å². The van der Waals surface area contributed by atoms with E-state index in [1.807, 2.05) is 0 Å². The van der Waals surface area contributed by atoms with Crippen LogP contribution in [-0.2, 0) is 4.79 Å². The van der Waals surface area contributed by atoms with E-state index in [0.717, 1.165) is 19.5 Å². The van der Waals surface area contributed by atoms with Crippen LogP contribution < -0.4 is 22.1 Å². The highest BCUT2D eigenvalue weighted by molar-refractivity contribution is 5.83. The molecule has 0 spiro atoms. The molecule has 0 aliphatic carbocycles. The zero-order valence-corrected chi connectivity index (χ0v) is 7.42. The van der Waals surface area contributed by atoms with Crippen LogP contribution >= 0.6 is 0 Å². The Kier molecular flexibility index (Phi) is 3.51. The van der Waals surface area contributed by atoms with Crippen LogP contribution in [0, 0.1) is 0 Å². The van der Waals surface area contributed by atoms with E-state index in [-0.39, 0.29) is 24.5 Å². The lowest BCUT2D eigenvalue weighted by Crippen LogP contribution is -2.38. The number of guanidine groups is 1. The molecule has 6 heteroatoms. The molecule has 0 bridgehead atoms. The fourth-order valence-electron chi connectivity index (χ4n) is 1.21. The standard InChI is InChI=1S/C7H15N5O/c8-7(9)11-4-6(13)12-5-1-2-10-3-5/h5,10H,1-4H2,(H,12,13)(H4,8,9,11). The zero-order chi connectivity index (χ0) is 9.68. The van der Waals surface area contributed by atoms with Gasteiger partial charge in [0.1, 0.15) is 6.54 Å². The number of nitrogens with one attached hydrogen (secondary N) is 2. The maximum Gasteiger partial charge on any atom is 0.242 e. The highest BCUT2D eigenvalue weighted by Crippen LogP contribution is 1.96. The molecule has 0 aromatic carbocycles. The number of rotatable bonds is 3. The van der Waals surface area contributed by atoms with Gasteiger partial charge in [-0.1, -0.05) is 0 Å². The van der Waals surface area contributed by atoms with Gasteiger partial charge >= 0.3 is 0 Å². The third kappa shape index (κ3) is 3.75. The van der Waals surface area contributed by atoms with Gasteiger partial charge in [-0.3, -0.25) is 4.79 Å². The lowest BCUT2D eigenvalue weighted by Gasteiger charge is -2.09. The largest absolute Gasteiger partial charge is 0.370 e. The second-order valence-corrected chi connectivity index (χ2v) is 3.00. The molecule has 1 atom stereocenters. The van der Waals surface area contributed by atoms with Crippen molar-refractivity contribution in [2.75, 3.05) is 19.6 Å². The molecular weight excluding hydrogens is 170 g/mol. The Balaban J connectivity index is 2.20. The van der Waals surface area contributed by atoms with Crippen molar-refractivity contribution in [3.63, 3.8) is 0 Å². The van der Waals surface area contributed by atoms with E-state index in [9.17, 15) is 4.79 Å². The summed E-state index contributed by atoms with van der Waals surface area (Å²) in [6.45, 7) is 1.79. The molecule has 0 radical (unpaired) electrons. The Bertz CT molecular complexity index is 205. The van der Waals surface area contributed by atoms with E-state index in [4.69, 9.17) is 11.5 Å². The van der Waals surface area contributed by atoms with Crippen molar-refractivity contribution in [1.29, 1.82) is 0 Å². The Hall–Kier alpha value is -1.30. The van der Waals surface area contributed by atoms with Crippen molar-refractivity contribution in [1.82, 2.24) is 10.6 Å². The summed E-state index contributed by atoms with van der Waals surface area (Å²) in [5.41, 5.74) is 10.2. The molecule has 1 unspecified atom stereocenters. The predicted octanol–water partition coefficient (Wildman–Crippen LogP) is -2.26. The first-order chi connectivity index (χ1) is 6.18. The molecule has 1 saturated heterocycles. The van der Waals surface area contributed by atoms with Crippen LogP contribution in [-0.4, -0.2) is 37.5 Å². The molecule has 0 aromatic heterocycles.